The van der Waals surface area contributed by atoms with Gasteiger partial charge in [-0.15, -0.1) is 0 Å². The first-order valence-corrected chi connectivity index (χ1v) is 5.71. The zero-order valence-electron chi connectivity index (χ0n) is 10.4. The Morgan fingerprint density at radius 2 is 1.67 bits per heavy atom. The maximum atomic E-state index is 4.18. The van der Waals surface area contributed by atoms with Crippen LogP contribution in [-0.2, 0) is 0 Å². The van der Waals surface area contributed by atoms with E-state index in [2.05, 4.69) is 50.6 Å². The number of hydrogen-bond acceptors (Lipinski definition) is 2. The molecule has 0 aliphatic rings. The topological polar surface area (TPSA) is 16.1 Å². The molecule has 0 saturated heterocycles. The summed E-state index contributed by atoms with van der Waals surface area (Å²) in [5.74, 6) is 0. The van der Waals surface area contributed by atoms with Crippen LogP contribution in [0.25, 0.3) is 0 Å². The summed E-state index contributed by atoms with van der Waals surface area (Å²) < 4.78 is 0. The minimum Gasteiger partial charge on any atom is -0.292 e. The predicted octanol–water partition coefficient (Wildman–Crippen LogP) is 3.26. The highest BCUT2D eigenvalue weighted by Gasteiger charge is 2.21. The third kappa shape index (κ3) is 3.03. The quantitative estimate of drug-likeness (QED) is 0.751. The van der Waals surface area contributed by atoms with Gasteiger partial charge in [0.1, 0.15) is 0 Å². The number of aromatic nitrogens is 1. The van der Waals surface area contributed by atoms with Crippen molar-refractivity contribution in [1.29, 1.82) is 0 Å². The molecule has 1 unspecified atom stereocenters. The predicted molar refractivity (Wildman–Crippen MR) is 64.8 cm³/mol. The maximum absolute atomic E-state index is 4.18. The number of nitrogens with zero attached hydrogens (tertiary/aromatic N) is 2. The van der Waals surface area contributed by atoms with E-state index < -0.39 is 0 Å². The van der Waals surface area contributed by atoms with Gasteiger partial charge in [-0.05, 0) is 46.2 Å². The van der Waals surface area contributed by atoms with Crippen molar-refractivity contribution in [1.82, 2.24) is 9.88 Å². The molecule has 1 aromatic rings. The normalized spacial score (nSPS) is 13.9. The molecule has 0 aliphatic heterocycles. The monoisotopic (exact) mass is 206 g/mol. The molecular formula is C13H22N2. The van der Waals surface area contributed by atoms with Gasteiger partial charge in [-0.25, -0.2) is 0 Å². The van der Waals surface area contributed by atoms with Crippen molar-refractivity contribution in [2.75, 3.05) is 0 Å². The molecule has 1 atom stereocenters. The minimum atomic E-state index is 0.429. The summed E-state index contributed by atoms with van der Waals surface area (Å²) in [6.45, 7) is 11.2. The van der Waals surface area contributed by atoms with Crippen molar-refractivity contribution in [3.05, 3.63) is 30.1 Å². The van der Waals surface area contributed by atoms with Gasteiger partial charge >= 0.3 is 0 Å². The fourth-order valence-corrected chi connectivity index (χ4v) is 2.29. The molecule has 0 N–H and O–H groups in total. The second kappa shape index (κ2) is 5.26. The summed E-state index contributed by atoms with van der Waals surface area (Å²) >= 11 is 0. The maximum Gasteiger partial charge on any atom is 0.0340 e. The molecule has 0 saturated carbocycles. The minimum absolute atomic E-state index is 0.429. The summed E-state index contributed by atoms with van der Waals surface area (Å²) in [6, 6.07) is 5.69. The molecule has 0 aromatic carbocycles. The van der Waals surface area contributed by atoms with Crippen molar-refractivity contribution in [2.45, 2.75) is 52.7 Å². The lowest BCUT2D eigenvalue weighted by molar-refractivity contribution is 0.122. The third-order valence-corrected chi connectivity index (χ3v) is 2.81. The van der Waals surface area contributed by atoms with Gasteiger partial charge in [0, 0.05) is 30.5 Å². The molecule has 0 spiro atoms. The zero-order chi connectivity index (χ0) is 11.4. The van der Waals surface area contributed by atoms with Crippen molar-refractivity contribution >= 4 is 0 Å². The average Bonchev–Trinajstić information content (AvgIpc) is 2.18. The Kier molecular flexibility index (Phi) is 4.28. The van der Waals surface area contributed by atoms with Crippen LogP contribution in [0.1, 0.15) is 46.2 Å². The summed E-state index contributed by atoms with van der Waals surface area (Å²) in [4.78, 5) is 6.68. The Bertz CT molecular complexity index is 272. The molecule has 84 valence electrons. The van der Waals surface area contributed by atoms with E-state index in [0.29, 0.717) is 18.1 Å². The van der Waals surface area contributed by atoms with Gasteiger partial charge in [-0.2, -0.15) is 0 Å². The van der Waals surface area contributed by atoms with Crippen LogP contribution in [0.2, 0.25) is 0 Å². The van der Waals surface area contributed by atoms with Crippen molar-refractivity contribution in [3.63, 3.8) is 0 Å². The van der Waals surface area contributed by atoms with Crippen molar-refractivity contribution < 1.29 is 0 Å². The van der Waals surface area contributed by atoms with Gasteiger partial charge in [0.25, 0.3) is 0 Å². The Labute approximate surface area is 93.3 Å². The van der Waals surface area contributed by atoms with E-state index in [0.717, 1.165) is 0 Å². The molecule has 0 fully saturated rings. The van der Waals surface area contributed by atoms with Crippen LogP contribution < -0.4 is 0 Å². The van der Waals surface area contributed by atoms with Crippen LogP contribution in [0, 0.1) is 0 Å². The van der Waals surface area contributed by atoms with E-state index >= 15 is 0 Å². The molecule has 15 heavy (non-hydrogen) atoms. The van der Waals surface area contributed by atoms with Gasteiger partial charge in [0.15, 0.2) is 0 Å². The summed E-state index contributed by atoms with van der Waals surface area (Å²) in [7, 11) is 0. The van der Waals surface area contributed by atoms with Crippen molar-refractivity contribution in [2.24, 2.45) is 0 Å². The van der Waals surface area contributed by atoms with Gasteiger partial charge < -0.3 is 0 Å². The van der Waals surface area contributed by atoms with E-state index in [1.165, 1.54) is 5.56 Å². The Balaban J connectivity index is 2.86. The Morgan fingerprint density at radius 3 is 2.07 bits per heavy atom. The van der Waals surface area contributed by atoms with Crippen LogP contribution in [0.4, 0.5) is 0 Å². The van der Waals surface area contributed by atoms with Crippen LogP contribution in [-0.4, -0.2) is 22.0 Å². The number of rotatable bonds is 4. The Morgan fingerprint density at radius 1 is 1.07 bits per heavy atom. The summed E-state index contributed by atoms with van der Waals surface area (Å²) in [5.41, 5.74) is 1.29. The van der Waals surface area contributed by atoms with Crippen LogP contribution in [0.15, 0.2) is 24.5 Å². The van der Waals surface area contributed by atoms with Crippen LogP contribution in [0.5, 0.6) is 0 Å². The second-order valence-electron chi connectivity index (χ2n) is 4.60. The van der Waals surface area contributed by atoms with Gasteiger partial charge in [0.2, 0.25) is 0 Å². The van der Waals surface area contributed by atoms with Gasteiger partial charge in [-0.1, -0.05) is 6.07 Å². The molecule has 1 heterocycles. The number of pyridine rings is 1. The molecule has 0 bridgehead atoms. The molecule has 0 radical (unpaired) electrons. The summed E-state index contributed by atoms with van der Waals surface area (Å²) in [6.07, 6.45) is 3.79. The summed E-state index contributed by atoms with van der Waals surface area (Å²) in [5, 5.41) is 0. The van der Waals surface area contributed by atoms with Crippen LogP contribution >= 0.6 is 0 Å². The first-order chi connectivity index (χ1) is 7.04. The highest BCUT2D eigenvalue weighted by molar-refractivity contribution is 5.13. The molecule has 0 aliphatic carbocycles. The van der Waals surface area contributed by atoms with E-state index in [4.69, 9.17) is 0 Å². The Hall–Kier alpha value is -0.890. The smallest absolute Gasteiger partial charge is 0.0340 e. The first-order valence-electron chi connectivity index (χ1n) is 5.71. The van der Waals surface area contributed by atoms with Crippen molar-refractivity contribution in [3.8, 4) is 0 Å². The van der Waals surface area contributed by atoms with Gasteiger partial charge in [-0.3, -0.25) is 9.88 Å². The third-order valence-electron chi connectivity index (χ3n) is 2.81. The van der Waals surface area contributed by atoms with Crippen LogP contribution in [0.3, 0.4) is 0 Å². The largest absolute Gasteiger partial charge is 0.292 e. The SMILES string of the molecule is CC(C)N(C(C)C)C(C)c1cccnc1. The van der Waals surface area contributed by atoms with E-state index in [1.54, 1.807) is 0 Å². The molecule has 1 rings (SSSR count). The molecule has 2 heteroatoms. The highest BCUT2D eigenvalue weighted by Crippen LogP contribution is 2.23. The van der Waals surface area contributed by atoms with E-state index in [1.807, 2.05) is 18.5 Å². The molecule has 2 nitrogen and oxygen atoms in total. The highest BCUT2D eigenvalue weighted by atomic mass is 15.2. The van der Waals surface area contributed by atoms with Gasteiger partial charge in [0.05, 0.1) is 0 Å². The van der Waals surface area contributed by atoms with E-state index in [9.17, 15) is 0 Å². The lowest BCUT2D eigenvalue weighted by atomic mass is 10.1. The molecule has 1 aromatic heterocycles. The fourth-order valence-electron chi connectivity index (χ4n) is 2.29. The second-order valence-corrected chi connectivity index (χ2v) is 4.60. The zero-order valence-corrected chi connectivity index (χ0v) is 10.4. The fraction of sp³-hybridized carbons (Fsp3) is 0.615. The first kappa shape index (κ1) is 12.2. The standard InChI is InChI=1S/C13H22N2/c1-10(2)15(11(3)4)12(5)13-7-6-8-14-9-13/h6-12H,1-5H3. The molecular weight excluding hydrogens is 184 g/mol. The number of hydrogen-bond donors (Lipinski definition) is 0. The lowest BCUT2D eigenvalue weighted by Crippen LogP contribution is -2.39. The van der Waals surface area contributed by atoms with E-state index in [-0.39, 0.29) is 0 Å². The molecule has 0 amide bonds. The lowest BCUT2D eigenvalue weighted by Gasteiger charge is -2.36. The average molecular weight is 206 g/mol.